The van der Waals surface area contributed by atoms with E-state index in [-0.39, 0.29) is 5.69 Å². The van der Waals surface area contributed by atoms with Crippen LogP contribution in [0.4, 0.5) is 11.4 Å². The molecule has 5 rings (SSSR count). The van der Waals surface area contributed by atoms with Crippen LogP contribution in [-0.4, -0.2) is 15.8 Å². The summed E-state index contributed by atoms with van der Waals surface area (Å²) in [6, 6.07) is 36.4. The predicted octanol–water partition coefficient (Wildman–Crippen LogP) is 6.91. The maximum Gasteiger partial charge on any atom is 0.269 e. The van der Waals surface area contributed by atoms with Gasteiger partial charge in [0.15, 0.2) is 0 Å². The van der Waals surface area contributed by atoms with Crippen molar-refractivity contribution < 1.29 is 4.92 Å². The van der Waals surface area contributed by atoms with Crippen LogP contribution in [0.1, 0.15) is 5.56 Å². The number of aromatic nitrogens is 1. The lowest BCUT2D eigenvalue weighted by Crippen LogP contribution is -2.11. The van der Waals surface area contributed by atoms with E-state index >= 15 is 0 Å². The number of benzene rings is 4. The largest absolute Gasteiger partial charge is 0.269 e. The molecule has 0 saturated heterocycles. The number of hydrogen-bond acceptors (Lipinski definition) is 5. The van der Waals surface area contributed by atoms with E-state index in [9.17, 15) is 10.1 Å². The molecule has 0 aliphatic rings. The molecule has 4 aromatic carbocycles. The second-order valence-corrected chi connectivity index (χ2v) is 8.62. The first kappa shape index (κ1) is 22.2. The zero-order chi connectivity index (χ0) is 24.0. The van der Waals surface area contributed by atoms with Crippen LogP contribution in [0.2, 0.25) is 0 Å². The lowest BCUT2D eigenvalue weighted by atomic mass is 10.1. The molecule has 0 radical (unpaired) electrons. The van der Waals surface area contributed by atoms with Gasteiger partial charge in [0.25, 0.3) is 5.69 Å². The summed E-state index contributed by atoms with van der Waals surface area (Å²) in [5, 5.41) is 15.8. The van der Waals surface area contributed by atoms with Gasteiger partial charge in [-0.15, -0.1) is 0 Å². The summed E-state index contributed by atoms with van der Waals surface area (Å²) in [5.74, 6) is 0. The van der Waals surface area contributed by atoms with Crippen molar-refractivity contribution >= 4 is 28.9 Å². The van der Waals surface area contributed by atoms with Crippen LogP contribution >= 0.6 is 11.3 Å². The molecular formula is C28H20N4O2S. The number of non-ortho nitro benzene ring substituents is 1. The molecule has 1 heterocycles. The molecule has 0 bridgehead atoms. The normalized spacial score (nSPS) is 11.7. The van der Waals surface area contributed by atoms with Crippen LogP contribution in [0.25, 0.3) is 21.7 Å². The van der Waals surface area contributed by atoms with Gasteiger partial charge in [-0.05, 0) is 35.4 Å². The molecule has 0 fully saturated rings. The van der Waals surface area contributed by atoms with Crippen LogP contribution in [0, 0.1) is 10.1 Å². The molecule has 1 aromatic heterocycles. The molecule has 7 heteroatoms. The Kier molecular flexibility index (Phi) is 6.41. The van der Waals surface area contributed by atoms with Gasteiger partial charge < -0.3 is 0 Å². The molecule has 170 valence electrons. The molecule has 0 amide bonds. The fraction of sp³-hybridized carbons (Fsp3) is 0. The minimum absolute atomic E-state index is 0.0430. The number of nitro benzene ring substituents is 1. The Balaban J connectivity index is 1.73. The van der Waals surface area contributed by atoms with E-state index in [0.717, 1.165) is 32.9 Å². The maximum atomic E-state index is 11.0. The van der Waals surface area contributed by atoms with Crippen LogP contribution in [0.3, 0.4) is 0 Å². The molecule has 0 saturated carbocycles. The Morgan fingerprint density at radius 2 is 1.31 bits per heavy atom. The van der Waals surface area contributed by atoms with Gasteiger partial charge in [-0.25, -0.2) is 9.67 Å². The summed E-state index contributed by atoms with van der Waals surface area (Å²) in [7, 11) is 0. The lowest BCUT2D eigenvalue weighted by molar-refractivity contribution is -0.384. The topological polar surface area (TPSA) is 72.8 Å². The fourth-order valence-electron chi connectivity index (χ4n) is 3.61. The van der Waals surface area contributed by atoms with E-state index in [1.165, 1.54) is 12.1 Å². The second-order valence-electron chi connectivity index (χ2n) is 7.65. The van der Waals surface area contributed by atoms with E-state index in [0.29, 0.717) is 4.80 Å². The Morgan fingerprint density at radius 1 is 0.743 bits per heavy atom. The molecule has 5 aromatic rings. The number of thiazole rings is 1. The van der Waals surface area contributed by atoms with E-state index in [1.54, 1.807) is 29.7 Å². The smallest absolute Gasteiger partial charge is 0.258 e. The summed E-state index contributed by atoms with van der Waals surface area (Å²) >= 11 is 1.56. The summed E-state index contributed by atoms with van der Waals surface area (Å²) in [6.07, 6.45) is 1.70. The van der Waals surface area contributed by atoms with Crippen LogP contribution in [-0.2, 0) is 0 Å². The van der Waals surface area contributed by atoms with Gasteiger partial charge in [0.2, 0.25) is 4.80 Å². The Labute approximate surface area is 206 Å². The van der Waals surface area contributed by atoms with Crippen molar-refractivity contribution in [1.82, 2.24) is 4.68 Å². The summed E-state index contributed by atoms with van der Waals surface area (Å²) in [4.78, 5) is 17.3. The highest BCUT2D eigenvalue weighted by molar-refractivity contribution is 7.13. The van der Waals surface area contributed by atoms with Gasteiger partial charge in [0, 0.05) is 17.7 Å². The molecule has 0 N–H and O–H groups in total. The number of nitrogens with zero attached hydrogens (tertiary/aromatic N) is 4. The number of para-hydroxylation sites is 1. The SMILES string of the molecule is O=[N+]([O-])c1ccc(/C=N/n2c(-c3ccccc3)c(-c3ccccc3)sc2=Nc2ccccc2)cc1. The molecular weight excluding hydrogens is 456 g/mol. The zero-order valence-electron chi connectivity index (χ0n) is 18.6. The van der Waals surface area contributed by atoms with E-state index in [2.05, 4.69) is 24.3 Å². The third-order valence-corrected chi connectivity index (χ3v) is 6.37. The first-order valence-electron chi connectivity index (χ1n) is 10.9. The summed E-state index contributed by atoms with van der Waals surface area (Å²) in [5.41, 5.74) is 4.63. The van der Waals surface area contributed by atoms with Crippen molar-refractivity contribution in [3.63, 3.8) is 0 Å². The van der Waals surface area contributed by atoms with Crippen molar-refractivity contribution in [2.75, 3.05) is 0 Å². The fourth-order valence-corrected chi connectivity index (χ4v) is 4.72. The van der Waals surface area contributed by atoms with Gasteiger partial charge in [-0.1, -0.05) is 90.2 Å². The van der Waals surface area contributed by atoms with Gasteiger partial charge in [0.05, 0.1) is 27.4 Å². The third kappa shape index (κ3) is 5.00. The monoisotopic (exact) mass is 476 g/mol. The minimum Gasteiger partial charge on any atom is -0.258 e. The van der Waals surface area contributed by atoms with Crippen LogP contribution < -0.4 is 4.80 Å². The zero-order valence-corrected chi connectivity index (χ0v) is 19.4. The van der Waals surface area contributed by atoms with Gasteiger partial charge >= 0.3 is 0 Å². The average Bonchev–Trinajstić information content (AvgIpc) is 3.27. The Bertz CT molecular complexity index is 1540. The highest BCUT2D eigenvalue weighted by Crippen LogP contribution is 2.35. The quantitative estimate of drug-likeness (QED) is 0.152. The van der Waals surface area contributed by atoms with E-state index in [4.69, 9.17) is 10.1 Å². The van der Waals surface area contributed by atoms with E-state index in [1.807, 2.05) is 71.4 Å². The van der Waals surface area contributed by atoms with Crippen molar-refractivity contribution in [2.24, 2.45) is 10.1 Å². The minimum atomic E-state index is -0.412. The molecule has 0 atom stereocenters. The maximum absolute atomic E-state index is 11.0. The van der Waals surface area contributed by atoms with Crippen molar-refractivity contribution in [3.8, 4) is 21.7 Å². The second kappa shape index (κ2) is 10.1. The van der Waals surface area contributed by atoms with Gasteiger partial charge in [-0.3, -0.25) is 10.1 Å². The first-order chi connectivity index (χ1) is 17.2. The summed E-state index contributed by atoms with van der Waals surface area (Å²) < 4.78 is 1.84. The number of rotatable bonds is 6. The first-order valence-corrected chi connectivity index (χ1v) is 11.8. The predicted molar refractivity (Wildman–Crippen MR) is 141 cm³/mol. The molecule has 0 unspecified atom stereocenters. The van der Waals surface area contributed by atoms with Crippen molar-refractivity contribution in [2.45, 2.75) is 0 Å². The molecule has 0 aliphatic heterocycles. The molecule has 35 heavy (non-hydrogen) atoms. The van der Waals surface area contributed by atoms with Crippen molar-refractivity contribution in [1.29, 1.82) is 0 Å². The van der Waals surface area contributed by atoms with Crippen LogP contribution in [0.5, 0.6) is 0 Å². The number of nitro groups is 1. The Morgan fingerprint density at radius 3 is 1.91 bits per heavy atom. The highest BCUT2D eigenvalue weighted by Gasteiger charge is 2.17. The van der Waals surface area contributed by atoms with Gasteiger partial charge in [-0.2, -0.15) is 5.10 Å². The lowest BCUT2D eigenvalue weighted by Gasteiger charge is -2.07. The van der Waals surface area contributed by atoms with Gasteiger partial charge in [0.1, 0.15) is 0 Å². The average molecular weight is 477 g/mol. The number of hydrogen-bond donors (Lipinski definition) is 0. The van der Waals surface area contributed by atoms with Crippen molar-refractivity contribution in [3.05, 3.63) is 136 Å². The molecule has 6 nitrogen and oxygen atoms in total. The standard InChI is InChI=1S/C28H20N4O2S/c33-32(34)25-18-16-21(17-19-25)20-29-31-26(22-10-4-1-5-11-22)27(23-12-6-2-7-13-23)35-28(31)30-24-14-8-3-9-15-24/h1-20H/b29-20+,30-28?. The van der Waals surface area contributed by atoms with E-state index < -0.39 is 4.92 Å². The highest BCUT2D eigenvalue weighted by atomic mass is 32.1. The molecule has 0 aliphatic carbocycles. The molecule has 0 spiro atoms. The Hall–Kier alpha value is -4.62. The van der Waals surface area contributed by atoms with Crippen LogP contribution in [0.15, 0.2) is 125 Å². The third-order valence-electron chi connectivity index (χ3n) is 5.29. The summed E-state index contributed by atoms with van der Waals surface area (Å²) in [6.45, 7) is 0.